The van der Waals surface area contributed by atoms with Crippen molar-refractivity contribution in [2.45, 2.75) is 0 Å². The van der Waals surface area contributed by atoms with Crippen LogP contribution in [0.3, 0.4) is 0 Å². The van der Waals surface area contributed by atoms with Crippen LogP contribution < -0.4 is 0 Å². The molecule has 0 unspecified atom stereocenters. The zero-order valence-electron chi connectivity index (χ0n) is 2.51. The fourth-order valence-electron chi connectivity index (χ4n) is 0. The average molecular weight is 325 g/mol. The Morgan fingerprint density at radius 2 is 0.800 bits per heavy atom. The first-order chi connectivity index (χ1) is 0. The first-order valence-corrected chi connectivity index (χ1v) is 0. The van der Waals surface area contributed by atoms with E-state index < -0.39 is 0 Å². The molecule has 5 heteroatoms. The van der Waals surface area contributed by atoms with Gasteiger partial charge in [-0.25, -0.2) is 0 Å². The number of rotatable bonds is 0. The molecule has 0 amide bonds. The van der Waals surface area contributed by atoms with Crippen molar-refractivity contribution in [2.75, 3.05) is 0 Å². The Bertz CT molecular complexity index is 9.61. The molecule has 37 valence electrons. The van der Waals surface area contributed by atoms with E-state index in [1.807, 2.05) is 0 Å². The van der Waals surface area contributed by atoms with E-state index in [-0.39, 0.29) is 84.2 Å². The molecule has 0 aromatic carbocycles. The maximum atomic E-state index is 0. The van der Waals surface area contributed by atoms with Crippen molar-refractivity contribution in [3.05, 3.63) is 0 Å². The second kappa shape index (κ2) is 31.2. The third kappa shape index (κ3) is 20.9. The molecule has 5 heavy (non-hydrogen) atoms. The van der Waals surface area contributed by atoms with Crippen LogP contribution in [0, 0.1) is 0 Å². The van der Waals surface area contributed by atoms with E-state index in [0.717, 1.165) is 0 Å². The zero-order valence-corrected chi connectivity index (χ0v) is 11.6. The molecule has 0 saturated carbocycles. The van der Waals surface area contributed by atoms with Crippen molar-refractivity contribution >= 4 is 47.6 Å². The van der Waals surface area contributed by atoms with Gasteiger partial charge in [0, 0.05) is 36.5 Å². The topological polar surface area (TPSA) is 0 Å². The molecule has 0 heterocycles. The van der Waals surface area contributed by atoms with E-state index >= 15 is 0 Å². The molecule has 0 saturated heterocycles. The van der Waals surface area contributed by atoms with Crippen LogP contribution in [0.2, 0.25) is 0 Å². The quantitative estimate of drug-likeness (QED) is 0.465. The van der Waals surface area contributed by atoms with Gasteiger partial charge in [0.25, 0.3) is 0 Å². The van der Waals surface area contributed by atoms with Gasteiger partial charge >= 0.3 is 34.1 Å². The van der Waals surface area contributed by atoms with Crippen LogP contribution >= 0.6 is 13.5 Å². The van der Waals surface area contributed by atoms with Crippen LogP contribution in [-0.2, 0) is 36.5 Å². The SMILES string of the molecule is S.[Cu].[SeH2].[SeH2].[Zn]. The van der Waals surface area contributed by atoms with Crippen molar-refractivity contribution < 1.29 is 36.5 Å². The summed E-state index contributed by atoms with van der Waals surface area (Å²) in [5, 5.41) is 0. The second-order valence-corrected chi connectivity index (χ2v) is 0. The molecule has 0 aliphatic rings. The van der Waals surface area contributed by atoms with Gasteiger partial charge < -0.3 is 0 Å². The van der Waals surface area contributed by atoms with Crippen LogP contribution in [0.25, 0.3) is 0 Å². The Balaban J connectivity index is 0. The molecule has 0 fully saturated rings. The summed E-state index contributed by atoms with van der Waals surface area (Å²) >= 11 is 0. The Labute approximate surface area is 83.2 Å². The van der Waals surface area contributed by atoms with Crippen LogP contribution in [0.15, 0.2) is 0 Å². The molecule has 1 radical (unpaired) electrons. The summed E-state index contributed by atoms with van der Waals surface area (Å²) in [6, 6.07) is 0. The predicted octanol–water partition coefficient (Wildman–Crippen LogP) is -1.72. The summed E-state index contributed by atoms with van der Waals surface area (Å²) < 4.78 is 0. The van der Waals surface area contributed by atoms with Gasteiger partial charge in [0.1, 0.15) is 0 Å². The maximum absolute atomic E-state index is 0. The van der Waals surface area contributed by atoms with E-state index in [1.54, 1.807) is 0 Å². The second-order valence-electron chi connectivity index (χ2n) is 0. The van der Waals surface area contributed by atoms with Gasteiger partial charge in [-0.2, -0.15) is 13.5 Å². The third-order valence-electron chi connectivity index (χ3n) is 0. The molecule has 0 aromatic heterocycles. The Morgan fingerprint density at radius 3 is 0.800 bits per heavy atom. The molecular weight excluding hydrogens is 319 g/mol. The van der Waals surface area contributed by atoms with Gasteiger partial charge in [-0.1, -0.05) is 0 Å². The minimum absolute atomic E-state index is 0. The van der Waals surface area contributed by atoms with Gasteiger partial charge in [0.2, 0.25) is 0 Å². The van der Waals surface area contributed by atoms with Crippen LogP contribution in [0.1, 0.15) is 0 Å². The first-order valence-electron chi connectivity index (χ1n) is 0. The number of hydrogen-bond donors (Lipinski definition) is 0. The Kier molecular flexibility index (Phi) is 313. The fourth-order valence-corrected chi connectivity index (χ4v) is 0. The van der Waals surface area contributed by atoms with Crippen LogP contribution in [0.5, 0.6) is 0 Å². The van der Waals surface area contributed by atoms with E-state index in [2.05, 4.69) is 0 Å². The molecular formula is H6CuSSe2Zn. The molecule has 0 atom stereocenters. The van der Waals surface area contributed by atoms with Crippen molar-refractivity contribution in [3.63, 3.8) is 0 Å². The van der Waals surface area contributed by atoms with E-state index in [1.165, 1.54) is 0 Å². The summed E-state index contributed by atoms with van der Waals surface area (Å²) in [5.74, 6) is 0. The van der Waals surface area contributed by atoms with Crippen molar-refractivity contribution in [1.82, 2.24) is 0 Å². The summed E-state index contributed by atoms with van der Waals surface area (Å²) in [4.78, 5) is 0. The Hall–Kier alpha value is 2.53. The largest absolute Gasteiger partial charge is 0 e. The molecule has 0 aliphatic heterocycles. The van der Waals surface area contributed by atoms with Crippen LogP contribution in [-0.4, -0.2) is 34.1 Å². The van der Waals surface area contributed by atoms with Gasteiger partial charge in [0.05, 0.1) is 0 Å². The van der Waals surface area contributed by atoms with Gasteiger partial charge in [-0.15, -0.1) is 0 Å². The Morgan fingerprint density at radius 1 is 0.800 bits per heavy atom. The molecule has 0 bridgehead atoms. The van der Waals surface area contributed by atoms with Gasteiger partial charge in [-0.3, -0.25) is 0 Å². The molecule has 0 rings (SSSR count). The predicted molar refractivity (Wildman–Crippen MR) is 27.5 cm³/mol. The van der Waals surface area contributed by atoms with Crippen molar-refractivity contribution in [3.8, 4) is 0 Å². The minimum atomic E-state index is 0. The van der Waals surface area contributed by atoms with Gasteiger partial charge in [0.15, 0.2) is 0 Å². The fraction of sp³-hybridized carbons (Fsp3) is 0. The van der Waals surface area contributed by atoms with E-state index in [9.17, 15) is 0 Å². The third-order valence-corrected chi connectivity index (χ3v) is 0. The number of hydrogen-bond acceptors (Lipinski definition) is 0. The molecule has 0 aromatic rings. The van der Waals surface area contributed by atoms with Crippen LogP contribution in [0.4, 0.5) is 0 Å². The summed E-state index contributed by atoms with van der Waals surface area (Å²) in [6.07, 6.45) is 0. The van der Waals surface area contributed by atoms with E-state index in [0.29, 0.717) is 0 Å². The monoisotopic (exact) mass is 325 g/mol. The van der Waals surface area contributed by atoms with Crippen molar-refractivity contribution in [2.24, 2.45) is 0 Å². The summed E-state index contributed by atoms with van der Waals surface area (Å²) in [5.41, 5.74) is 0. The average Bonchev–Trinajstić information content (AvgIpc) is 0. The molecule has 0 N–H and O–H groups in total. The summed E-state index contributed by atoms with van der Waals surface area (Å²) in [7, 11) is 0. The minimum Gasteiger partial charge on any atom is 0 e. The van der Waals surface area contributed by atoms with Gasteiger partial charge in [-0.05, 0) is 0 Å². The normalized spacial score (nSPS) is 0. The zero-order chi connectivity index (χ0) is 0. The molecule has 0 nitrogen and oxygen atoms in total. The first kappa shape index (κ1) is 50.1. The summed E-state index contributed by atoms with van der Waals surface area (Å²) in [6.45, 7) is 0. The maximum Gasteiger partial charge on any atom is 0 e. The smallest absolute Gasteiger partial charge is 0 e. The van der Waals surface area contributed by atoms with E-state index in [4.69, 9.17) is 0 Å². The van der Waals surface area contributed by atoms with Crippen molar-refractivity contribution in [1.29, 1.82) is 0 Å². The molecule has 0 aliphatic carbocycles. The standard InChI is InChI=1S/Cu.H2S.2H2Se.Zn/h;3*1H2;. The molecule has 0 spiro atoms.